The molecule has 2 nitrogen and oxygen atoms in total. The first-order chi connectivity index (χ1) is 9.63. The molecule has 0 saturated heterocycles. The molecule has 106 valence electrons. The van der Waals surface area contributed by atoms with Crippen LogP contribution in [0.15, 0.2) is 53.0 Å². The van der Waals surface area contributed by atoms with Gasteiger partial charge in [-0.3, -0.25) is 0 Å². The van der Waals surface area contributed by atoms with Crippen molar-refractivity contribution in [1.82, 2.24) is 4.90 Å². The first-order valence-electron chi connectivity index (χ1n) is 6.56. The highest BCUT2D eigenvalue weighted by atomic mass is 79.9. The van der Waals surface area contributed by atoms with Gasteiger partial charge in [0.2, 0.25) is 0 Å². The SMILES string of the molecule is CN(CCNc1ccc(Cl)cc1)Cc1cccc(Br)c1. The summed E-state index contributed by atoms with van der Waals surface area (Å²) in [4.78, 5) is 2.30. The zero-order valence-corrected chi connectivity index (χ0v) is 13.8. The molecule has 0 bridgehead atoms. The van der Waals surface area contributed by atoms with E-state index in [4.69, 9.17) is 11.6 Å². The number of nitrogens with zero attached hydrogens (tertiary/aromatic N) is 1. The van der Waals surface area contributed by atoms with Crippen LogP contribution in [-0.4, -0.2) is 25.0 Å². The van der Waals surface area contributed by atoms with Gasteiger partial charge in [0.1, 0.15) is 0 Å². The molecule has 2 aromatic rings. The number of hydrogen-bond donors (Lipinski definition) is 1. The molecular weight excluding hydrogens is 336 g/mol. The third-order valence-corrected chi connectivity index (χ3v) is 3.75. The lowest BCUT2D eigenvalue weighted by Gasteiger charge is -2.17. The Morgan fingerprint density at radius 3 is 2.60 bits per heavy atom. The molecule has 0 aliphatic rings. The summed E-state index contributed by atoms with van der Waals surface area (Å²) in [5, 5.41) is 4.16. The van der Waals surface area contributed by atoms with Crippen molar-refractivity contribution < 1.29 is 0 Å². The molecular formula is C16H18BrClN2. The van der Waals surface area contributed by atoms with Crippen LogP contribution >= 0.6 is 27.5 Å². The number of hydrogen-bond acceptors (Lipinski definition) is 2. The number of rotatable bonds is 6. The Kier molecular flexibility index (Phi) is 5.89. The van der Waals surface area contributed by atoms with Crippen molar-refractivity contribution >= 4 is 33.2 Å². The number of benzene rings is 2. The standard InChI is InChI=1S/C16H18BrClN2/c1-20(12-13-3-2-4-14(17)11-13)10-9-19-16-7-5-15(18)6-8-16/h2-8,11,19H,9-10,12H2,1H3. The third-order valence-electron chi connectivity index (χ3n) is 3.01. The van der Waals surface area contributed by atoms with Crippen LogP contribution in [0.25, 0.3) is 0 Å². The molecule has 0 spiro atoms. The van der Waals surface area contributed by atoms with Gasteiger partial charge in [0.05, 0.1) is 0 Å². The summed E-state index contributed by atoms with van der Waals surface area (Å²) in [6.07, 6.45) is 0. The van der Waals surface area contributed by atoms with Crippen molar-refractivity contribution in [3.8, 4) is 0 Å². The Labute approximate surface area is 133 Å². The molecule has 0 saturated carbocycles. The lowest BCUT2D eigenvalue weighted by molar-refractivity contribution is 0.340. The van der Waals surface area contributed by atoms with E-state index in [0.29, 0.717) is 0 Å². The van der Waals surface area contributed by atoms with Crippen molar-refractivity contribution in [1.29, 1.82) is 0 Å². The van der Waals surface area contributed by atoms with Gasteiger partial charge < -0.3 is 10.2 Å². The predicted molar refractivity (Wildman–Crippen MR) is 90.4 cm³/mol. The Hall–Kier alpha value is -1.03. The highest BCUT2D eigenvalue weighted by Crippen LogP contribution is 2.14. The second kappa shape index (κ2) is 7.67. The molecule has 0 unspecified atom stereocenters. The summed E-state index contributed by atoms with van der Waals surface area (Å²) in [6.45, 7) is 2.84. The molecule has 20 heavy (non-hydrogen) atoms. The van der Waals surface area contributed by atoms with E-state index >= 15 is 0 Å². The van der Waals surface area contributed by atoms with Gasteiger partial charge in [-0.25, -0.2) is 0 Å². The second-order valence-electron chi connectivity index (χ2n) is 4.80. The molecule has 2 rings (SSSR count). The van der Waals surface area contributed by atoms with Crippen molar-refractivity contribution in [3.05, 3.63) is 63.6 Å². The summed E-state index contributed by atoms with van der Waals surface area (Å²) >= 11 is 9.36. The zero-order valence-electron chi connectivity index (χ0n) is 11.4. The van der Waals surface area contributed by atoms with E-state index in [0.717, 1.165) is 34.8 Å². The predicted octanol–water partition coefficient (Wildman–Crippen LogP) is 4.65. The van der Waals surface area contributed by atoms with Crippen LogP contribution in [0.3, 0.4) is 0 Å². The van der Waals surface area contributed by atoms with Crippen LogP contribution in [0.4, 0.5) is 5.69 Å². The van der Waals surface area contributed by atoms with Crippen molar-refractivity contribution in [2.24, 2.45) is 0 Å². The number of halogens is 2. The van der Waals surface area contributed by atoms with Gasteiger partial charge in [-0.2, -0.15) is 0 Å². The maximum absolute atomic E-state index is 5.86. The Morgan fingerprint density at radius 2 is 1.90 bits per heavy atom. The van der Waals surface area contributed by atoms with Gasteiger partial charge in [0.15, 0.2) is 0 Å². The van der Waals surface area contributed by atoms with Crippen LogP contribution in [0.1, 0.15) is 5.56 Å². The van der Waals surface area contributed by atoms with Gasteiger partial charge in [-0.1, -0.05) is 39.7 Å². The van der Waals surface area contributed by atoms with E-state index < -0.39 is 0 Å². The highest BCUT2D eigenvalue weighted by molar-refractivity contribution is 9.10. The smallest absolute Gasteiger partial charge is 0.0407 e. The minimum absolute atomic E-state index is 0.766. The van der Waals surface area contributed by atoms with E-state index in [2.05, 4.69) is 51.4 Å². The maximum Gasteiger partial charge on any atom is 0.0407 e. The first kappa shape index (κ1) is 15.4. The lowest BCUT2D eigenvalue weighted by Crippen LogP contribution is -2.24. The Balaban J connectivity index is 1.75. The largest absolute Gasteiger partial charge is 0.384 e. The van der Waals surface area contributed by atoms with Gasteiger partial charge in [0, 0.05) is 34.8 Å². The monoisotopic (exact) mass is 352 g/mol. The number of likely N-dealkylation sites (N-methyl/N-ethyl adjacent to an activating group) is 1. The molecule has 1 N–H and O–H groups in total. The fourth-order valence-electron chi connectivity index (χ4n) is 1.98. The van der Waals surface area contributed by atoms with Crippen molar-refractivity contribution in [2.45, 2.75) is 6.54 Å². The summed E-state index contributed by atoms with van der Waals surface area (Å²) in [5.74, 6) is 0. The topological polar surface area (TPSA) is 15.3 Å². The zero-order chi connectivity index (χ0) is 14.4. The summed E-state index contributed by atoms with van der Waals surface area (Å²) in [6, 6.07) is 16.2. The minimum atomic E-state index is 0.766. The highest BCUT2D eigenvalue weighted by Gasteiger charge is 2.01. The van der Waals surface area contributed by atoms with E-state index in [-0.39, 0.29) is 0 Å². The van der Waals surface area contributed by atoms with Gasteiger partial charge >= 0.3 is 0 Å². The molecule has 0 aliphatic heterocycles. The molecule has 0 fully saturated rings. The molecule has 2 aromatic carbocycles. The van der Waals surface area contributed by atoms with Crippen molar-refractivity contribution in [3.63, 3.8) is 0 Å². The van der Waals surface area contributed by atoms with Crippen LogP contribution in [0, 0.1) is 0 Å². The number of nitrogens with one attached hydrogen (secondary N) is 1. The normalized spacial score (nSPS) is 10.8. The average Bonchev–Trinajstić information content (AvgIpc) is 2.41. The van der Waals surface area contributed by atoms with Crippen LogP contribution in [-0.2, 0) is 6.54 Å². The van der Waals surface area contributed by atoms with E-state index in [1.54, 1.807) is 0 Å². The fraction of sp³-hybridized carbons (Fsp3) is 0.250. The maximum atomic E-state index is 5.86. The molecule has 0 atom stereocenters. The summed E-state index contributed by atoms with van der Waals surface area (Å²) in [7, 11) is 2.13. The summed E-state index contributed by atoms with van der Waals surface area (Å²) in [5.41, 5.74) is 2.42. The fourth-order valence-corrected chi connectivity index (χ4v) is 2.56. The Morgan fingerprint density at radius 1 is 1.15 bits per heavy atom. The van der Waals surface area contributed by atoms with E-state index in [9.17, 15) is 0 Å². The van der Waals surface area contributed by atoms with Crippen LogP contribution in [0.2, 0.25) is 5.02 Å². The van der Waals surface area contributed by atoms with Gasteiger partial charge in [0.25, 0.3) is 0 Å². The van der Waals surface area contributed by atoms with Crippen molar-refractivity contribution in [2.75, 3.05) is 25.5 Å². The Bertz CT molecular complexity index is 542. The van der Waals surface area contributed by atoms with Gasteiger partial charge in [-0.05, 0) is 49.0 Å². The van der Waals surface area contributed by atoms with E-state index in [1.807, 2.05) is 30.3 Å². The third kappa shape index (κ3) is 5.16. The van der Waals surface area contributed by atoms with Crippen LogP contribution < -0.4 is 5.32 Å². The summed E-state index contributed by atoms with van der Waals surface area (Å²) < 4.78 is 1.13. The molecule has 0 aliphatic carbocycles. The van der Waals surface area contributed by atoms with Gasteiger partial charge in [-0.15, -0.1) is 0 Å². The molecule has 0 radical (unpaired) electrons. The molecule has 4 heteroatoms. The van der Waals surface area contributed by atoms with Crippen LogP contribution in [0.5, 0.6) is 0 Å². The molecule has 0 heterocycles. The second-order valence-corrected chi connectivity index (χ2v) is 6.15. The first-order valence-corrected chi connectivity index (χ1v) is 7.73. The lowest BCUT2D eigenvalue weighted by atomic mass is 10.2. The average molecular weight is 354 g/mol. The quantitative estimate of drug-likeness (QED) is 0.813. The number of anilines is 1. The van der Waals surface area contributed by atoms with E-state index in [1.165, 1.54) is 5.56 Å². The molecule has 0 amide bonds. The molecule has 0 aromatic heterocycles. The minimum Gasteiger partial charge on any atom is -0.384 e.